The fourth-order valence-electron chi connectivity index (χ4n) is 2.46. The maximum atomic E-state index is 12.9. The molecular weight excluding hydrogens is 362 g/mol. The van der Waals surface area contributed by atoms with Gasteiger partial charge in [-0.3, -0.25) is 20.0 Å². The van der Waals surface area contributed by atoms with E-state index in [0.717, 1.165) is 5.69 Å². The molecule has 138 valence electrons. The van der Waals surface area contributed by atoms with Crippen molar-refractivity contribution in [1.29, 1.82) is 0 Å². The van der Waals surface area contributed by atoms with Crippen molar-refractivity contribution in [3.63, 3.8) is 0 Å². The molecule has 2 N–H and O–H groups in total. The Morgan fingerprint density at radius 1 is 0.852 bits per heavy atom. The molecule has 0 atom stereocenters. The van der Waals surface area contributed by atoms with Crippen molar-refractivity contribution in [2.75, 3.05) is 16.8 Å². The van der Waals surface area contributed by atoms with E-state index in [1.165, 1.54) is 23.5 Å². The summed E-state index contributed by atoms with van der Waals surface area (Å²) in [5.41, 5.74) is 6.85. The van der Waals surface area contributed by atoms with E-state index in [0.29, 0.717) is 5.69 Å². The van der Waals surface area contributed by atoms with Gasteiger partial charge in [0.2, 0.25) is 0 Å². The summed E-state index contributed by atoms with van der Waals surface area (Å²) >= 11 is 0. The van der Waals surface area contributed by atoms with Crippen LogP contribution in [0.15, 0.2) is 89.8 Å². The van der Waals surface area contributed by atoms with Gasteiger partial charge in [-0.2, -0.15) is 0 Å². The van der Waals surface area contributed by atoms with Crippen LogP contribution in [0.4, 0.5) is 11.4 Å². The number of hydrogen-bond donors (Lipinski definition) is 2. The first-order chi connectivity index (χ1) is 13.0. The number of nitrogens with one attached hydrogen (secondary N) is 2. The SMILES string of the molecule is CN(c1ccccc1)S(=O)(=O)c1cccc(C(=O)NNc2ccccc2)c1. The second-order valence-corrected chi connectivity index (χ2v) is 7.75. The molecule has 0 spiro atoms. The summed E-state index contributed by atoms with van der Waals surface area (Å²) in [6, 6.07) is 23.8. The molecule has 0 radical (unpaired) electrons. The number of hydrogen-bond acceptors (Lipinski definition) is 4. The summed E-state index contributed by atoms with van der Waals surface area (Å²) in [6.45, 7) is 0. The highest BCUT2D eigenvalue weighted by Crippen LogP contribution is 2.22. The van der Waals surface area contributed by atoms with Crippen LogP contribution < -0.4 is 15.2 Å². The van der Waals surface area contributed by atoms with Gasteiger partial charge >= 0.3 is 0 Å². The molecule has 0 aliphatic carbocycles. The molecule has 0 bridgehead atoms. The molecule has 0 aliphatic rings. The molecule has 0 heterocycles. The first kappa shape index (κ1) is 18.5. The summed E-state index contributed by atoms with van der Waals surface area (Å²) in [6.07, 6.45) is 0. The highest BCUT2D eigenvalue weighted by molar-refractivity contribution is 7.92. The van der Waals surface area contributed by atoms with E-state index in [4.69, 9.17) is 0 Å². The zero-order valence-corrected chi connectivity index (χ0v) is 15.5. The third-order valence-electron chi connectivity index (χ3n) is 3.97. The van der Waals surface area contributed by atoms with Gasteiger partial charge < -0.3 is 0 Å². The predicted octanol–water partition coefficient (Wildman–Crippen LogP) is 3.27. The minimum Gasteiger partial charge on any atom is -0.298 e. The second kappa shape index (κ2) is 7.92. The Balaban J connectivity index is 1.79. The van der Waals surface area contributed by atoms with Gasteiger partial charge in [0.05, 0.1) is 16.3 Å². The fraction of sp³-hybridized carbons (Fsp3) is 0.0500. The molecule has 1 amide bonds. The Labute approximate surface area is 158 Å². The molecule has 0 saturated carbocycles. The van der Waals surface area contributed by atoms with Crippen molar-refractivity contribution in [3.8, 4) is 0 Å². The quantitative estimate of drug-likeness (QED) is 0.643. The second-order valence-electron chi connectivity index (χ2n) is 5.78. The average Bonchev–Trinajstić information content (AvgIpc) is 2.73. The highest BCUT2D eigenvalue weighted by Gasteiger charge is 2.22. The molecule has 7 heteroatoms. The molecule has 0 aromatic heterocycles. The van der Waals surface area contributed by atoms with E-state index in [9.17, 15) is 13.2 Å². The summed E-state index contributed by atoms with van der Waals surface area (Å²) in [4.78, 5) is 12.4. The third kappa shape index (κ3) is 4.27. The number of carbonyl (C=O) groups is 1. The molecule has 0 aliphatic heterocycles. The summed E-state index contributed by atoms with van der Waals surface area (Å²) in [7, 11) is -2.30. The number of para-hydroxylation sites is 2. The van der Waals surface area contributed by atoms with Crippen LogP contribution in [0, 0.1) is 0 Å². The number of rotatable bonds is 6. The molecule has 0 fully saturated rings. The van der Waals surface area contributed by atoms with Gasteiger partial charge in [-0.15, -0.1) is 0 Å². The van der Waals surface area contributed by atoms with Crippen LogP contribution in [0.5, 0.6) is 0 Å². The summed E-state index contributed by atoms with van der Waals surface area (Å²) in [5, 5.41) is 0. The maximum Gasteiger partial charge on any atom is 0.269 e. The van der Waals surface area contributed by atoms with Crippen molar-refractivity contribution in [1.82, 2.24) is 5.43 Å². The van der Waals surface area contributed by atoms with Crippen LogP contribution in [0.25, 0.3) is 0 Å². The lowest BCUT2D eigenvalue weighted by Gasteiger charge is -2.19. The van der Waals surface area contributed by atoms with Gasteiger partial charge in [0.1, 0.15) is 0 Å². The lowest BCUT2D eigenvalue weighted by molar-refractivity contribution is 0.0962. The number of carbonyl (C=O) groups excluding carboxylic acids is 1. The zero-order valence-electron chi connectivity index (χ0n) is 14.7. The fourth-order valence-corrected chi connectivity index (χ4v) is 3.70. The zero-order chi connectivity index (χ0) is 19.3. The number of sulfonamides is 1. The Morgan fingerprint density at radius 3 is 2.15 bits per heavy atom. The molecule has 3 aromatic carbocycles. The van der Waals surface area contributed by atoms with E-state index in [1.807, 2.05) is 24.3 Å². The van der Waals surface area contributed by atoms with Gasteiger partial charge in [0, 0.05) is 12.6 Å². The lowest BCUT2D eigenvalue weighted by Crippen LogP contribution is -2.30. The number of benzene rings is 3. The van der Waals surface area contributed by atoms with Crippen LogP contribution in [-0.4, -0.2) is 21.4 Å². The normalized spacial score (nSPS) is 10.9. The predicted molar refractivity (Wildman–Crippen MR) is 106 cm³/mol. The first-order valence-corrected chi connectivity index (χ1v) is 9.68. The van der Waals surface area contributed by atoms with Gasteiger partial charge in [-0.1, -0.05) is 42.5 Å². The van der Waals surface area contributed by atoms with Crippen molar-refractivity contribution < 1.29 is 13.2 Å². The molecule has 0 saturated heterocycles. The topological polar surface area (TPSA) is 78.5 Å². The summed E-state index contributed by atoms with van der Waals surface area (Å²) < 4.78 is 26.9. The number of hydrazine groups is 1. The Kier molecular flexibility index (Phi) is 5.42. The van der Waals surface area contributed by atoms with Crippen LogP contribution in [0.1, 0.15) is 10.4 Å². The minimum absolute atomic E-state index is 0.0428. The summed E-state index contributed by atoms with van der Waals surface area (Å²) in [5.74, 6) is -0.432. The van der Waals surface area contributed by atoms with Crippen LogP contribution in [0.2, 0.25) is 0 Å². The lowest BCUT2D eigenvalue weighted by atomic mass is 10.2. The van der Waals surface area contributed by atoms with Crippen LogP contribution in [0.3, 0.4) is 0 Å². The van der Waals surface area contributed by atoms with Crippen molar-refractivity contribution in [2.24, 2.45) is 0 Å². The number of nitrogens with zero attached hydrogens (tertiary/aromatic N) is 1. The van der Waals surface area contributed by atoms with E-state index >= 15 is 0 Å². The third-order valence-corrected chi connectivity index (χ3v) is 5.75. The van der Waals surface area contributed by atoms with Gasteiger partial charge in [-0.05, 0) is 42.5 Å². The van der Waals surface area contributed by atoms with E-state index in [2.05, 4.69) is 10.9 Å². The molecule has 0 unspecified atom stereocenters. The molecule has 3 aromatic rings. The van der Waals surface area contributed by atoms with Gasteiger partial charge in [0.15, 0.2) is 0 Å². The maximum absolute atomic E-state index is 12.9. The Morgan fingerprint density at radius 2 is 1.48 bits per heavy atom. The van der Waals surface area contributed by atoms with Crippen molar-refractivity contribution in [3.05, 3.63) is 90.5 Å². The molecule has 3 rings (SSSR count). The molecule has 6 nitrogen and oxygen atoms in total. The average molecular weight is 381 g/mol. The highest BCUT2D eigenvalue weighted by atomic mass is 32.2. The van der Waals surface area contributed by atoms with Gasteiger partial charge in [0.25, 0.3) is 15.9 Å². The van der Waals surface area contributed by atoms with E-state index in [1.54, 1.807) is 48.5 Å². The molecular formula is C20H19N3O3S. The molecule has 27 heavy (non-hydrogen) atoms. The van der Waals surface area contributed by atoms with E-state index < -0.39 is 15.9 Å². The van der Waals surface area contributed by atoms with Crippen LogP contribution in [-0.2, 0) is 10.0 Å². The van der Waals surface area contributed by atoms with E-state index in [-0.39, 0.29) is 10.5 Å². The Bertz CT molecular complexity index is 1020. The largest absolute Gasteiger partial charge is 0.298 e. The Hall–Kier alpha value is -3.32. The minimum atomic E-state index is -3.78. The standard InChI is InChI=1S/C20H19N3O3S/c1-23(18-12-6-3-7-13-18)27(25,26)19-14-8-9-16(15-19)20(24)22-21-17-10-4-2-5-11-17/h2-15,21H,1H3,(H,22,24). The first-order valence-electron chi connectivity index (χ1n) is 8.24. The number of amides is 1. The van der Waals surface area contributed by atoms with Crippen molar-refractivity contribution >= 4 is 27.3 Å². The van der Waals surface area contributed by atoms with Crippen molar-refractivity contribution in [2.45, 2.75) is 4.90 Å². The number of anilines is 2. The van der Waals surface area contributed by atoms with Gasteiger partial charge in [-0.25, -0.2) is 8.42 Å². The smallest absolute Gasteiger partial charge is 0.269 e. The monoisotopic (exact) mass is 381 g/mol. The van der Waals surface area contributed by atoms with Crippen LogP contribution >= 0.6 is 0 Å².